The molecule has 1 aliphatic heterocycles. The third-order valence-electron chi connectivity index (χ3n) is 5.67. The first kappa shape index (κ1) is 16.7. The number of halogens is 1. The first-order valence-corrected chi connectivity index (χ1v) is 9.93. The number of hydrogen-bond acceptors (Lipinski definition) is 4. The number of hydrogen-bond donors (Lipinski definition) is 1. The van der Waals surface area contributed by atoms with Gasteiger partial charge in [-0.1, -0.05) is 31.1 Å². The molecular formula is C17H26FN3OS. The molecule has 1 saturated carbocycles. The topological polar surface area (TPSA) is 67.8 Å². The van der Waals surface area contributed by atoms with Gasteiger partial charge in [-0.05, 0) is 32.3 Å². The largest absolute Gasteiger partial charge is 0.386 e. The van der Waals surface area contributed by atoms with E-state index in [2.05, 4.69) is 4.36 Å². The Morgan fingerprint density at radius 2 is 2.00 bits per heavy atom. The Morgan fingerprint density at radius 3 is 2.57 bits per heavy atom. The van der Waals surface area contributed by atoms with E-state index in [0.29, 0.717) is 17.8 Å². The van der Waals surface area contributed by atoms with Gasteiger partial charge in [0.15, 0.2) is 0 Å². The van der Waals surface area contributed by atoms with E-state index in [0.717, 1.165) is 25.7 Å². The van der Waals surface area contributed by atoms with Crippen LogP contribution in [-0.2, 0) is 9.73 Å². The summed E-state index contributed by atoms with van der Waals surface area (Å²) in [5.41, 5.74) is 4.50. The molecule has 1 heterocycles. The first-order valence-electron chi connectivity index (χ1n) is 8.24. The summed E-state index contributed by atoms with van der Waals surface area (Å²) in [4.78, 5) is 4.73. The molecule has 2 N–H and O–H groups in total. The maximum absolute atomic E-state index is 15.1. The minimum atomic E-state index is -2.59. The van der Waals surface area contributed by atoms with Crippen LogP contribution in [0.1, 0.15) is 46.0 Å². The Bertz CT molecular complexity index is 722. The zero-order chi connectivity index (χ0) is 16.9. The highest BCUT2D eigenvalue weighted by molar-refractivity contribution is 7.96. The van der Waals surface area contributed by atoms with Gasteiger partial charge in [0, 0.05) is 13.5 Å². The van der Waals surface area contributed by atoms with Gasteiger partial charge in [0.2, 0.25) is 0 Å². The van der Waals surface area contributed by atoms with Crippen molar-refractivity contribution in [3.05, 3.63) is 23.8 Å². The van der Waals surface area contributed by atoms with Crippen molar-refractivity contribution in [2.24, 2.45) is 15.1 Å². The molecule has 0 bridgehead atoms. The van der Waals surface area contributed by atoms with Crippen LogP contribution in [0.5, 0.6) is 0 Å². The predicted octanol–water partition coefficient (Wildman–Crippen LogP) is 3.14. The van der Waals surface area contributed by atoms with Crippen LogP contribution in [0.2, 0.25) is 0 Å². The lowest BCUT2D eigenvalue weighted by Crippen LogP contribution is -2.59. The summed E-state index contributed by atoms with van der Waals surface area (Å²) in [6.45, 7) is 3.40. The smallest absolute Gasteiger partial charge is 0.135 e. The molecule has 6 heteroatoms. The Kier molecular flexibility index (Phi) is 3.74. The van der Waals surface area contributed by atoms with Gasteiger partial charge in [-0.3, -0.25) is 4.99 Å². The molecule has 23 heavy (non-hydrogen) atoms. The Morgan fingerprint density at radius 1 is 1.35 bits per heavy atom. The van der Waals surface area contributed by atoms with Gasteiger partial charge in [-0.2, -0.15) is 0 Å². The molecule has 4 nitrogen and oxygen atoms in total. The van der Waals surface area contributed by atoms with Gasteiger partial charge >= 0.3 is 0 Å². The van der Waals surface area contributed by atoms with Gasteiger partial charge in [0.05, 0.1) is 21.0 Å². The number of amidine groups is 1. The lowest BCUT2D eigenvalue weighted by Gasteiger charge is -2.45. The van der Waals surface area contributed by atoms with E-state index < -0.39 is 25.7 Å². The highest BCUT2D eigenvalue weighted by Gasteiger charge is 2.56. The molecule has 3 rings (SSSR count). The summed E-state index contributed by atoms with van der Waals surface area (Å²) < 4.78 is 32.5. The third kappa shape index (κ3) is 2.29. The van der Waals surface area contributed by atoms with Crippen molar-refractivity contribution in [3.8, 4) is 0 Å². The molecule has 0 aromatic rings. The lowest BCUT2D eigenvalue weighted by molar-refractivity contribution is 0.217. The van der Waals surface area contributed by atoms with Crippen molar-refractivity contribution in [1.82, 2.24) is 0 Å². The molecule has 1 spiro atoms. The summed E-state index contributed by atoms with van der Waals surface area (Å²) in [5, 5.41) is 0. The molecule has 2 aliphatic carbocycles. The molecule has 1 unspecified atom stereocenters. The maximum Gasteiger partial charge on any atom is 0.135 e. The first-order chi connectivity index (χ1) is 10.7. The number of allylic oxidation sites excluding steroid dienone is 3. The van der Waals surface area contributed by atoms with Crippen molar-refractivity contribution in [2.75, 3.05) is 12.8 Å². The molecule has 128 valence electrons. The van der Waals surface area contributed by atoms with E-state index in [1.165, 1.54) is 0 Å². The van der Waals surface area contributed by atoms with Crippen LogP contribution in [0, 0.1) is 0 Å². The molecule has 0 amide bonds. The van der Waals surface area contributed by atoms with E-state index >= 15 is 4.39 Å². The normalized spacial score (nSPS) is 42.4. The minimum absolute atomic E-state index is 0.246. The summed E-state index contributed by atoms with van der Waals surface area (Å²) in [6, 6.07) is 0. The highest BCUT2D eigenvalue weighted by atomic mass is 32.2. The maximum atomic E-state index is 15.1. The van der Waals surface area contributed by atoms with Gasteiger partial charge in [-0.25, -0.2) is 13.0 Å². The van der Waals surface area contributed by atoms with Gasteiger partial charge in [0.1, 0.15) is 16.3 Å². The van der Waals surface area contributed by atoms with Crippen molar-refractivity contribution >= 4 is 15.6 Å². The fourth-order valence-electron chi connectivity index (χ4n) is 4.46. The van der Waals surface area contributed by atoms with Crippen molar-refractivity contribution < 1.29 is 8.60 Å². The van der Waals surface area contributed by atoms with E-state index in [1.54, 1.807) is 20.0 Å². The van der Waals surface area contributed by atoms with Crippen molar-refractivity contribution in [2.45, 2.75) is 61.9 Å². The second-order valence-electron chi connectivity index (χ2n) is 7.35. The number of rotatable bonds is 1. The van der Waals surface area contributed by atoms with Crippen LogP contribution in [-0.4, -0.2) is 38.8 Å². The van der Waals surface area contributed by atoms with Gasteiger partial charge in [-0.15, -0.1) is 0 Å². The highest BCUT2D eigenvalue weighted by Crippen LogP contribution is 2.48. The minimum Gasteiger partial charge on any atom is -0.386 e. The Balaban J connectivity index is 2.17. The van der Waals surface area contributed by atoms with Gasteiger partial charge in [0.25, 0.3) is 0 Å². The monoisotopic (exact) mass is 339 g/mol. The molecule has 0 aromatic heterocycles. The zero-order valence-corrected chi connectivity index (χ0v) is 15.0. The van der Waals surface area contributed by atoms with E-state index in [4.69, 9.17) is 10.7 Å². The van der Waals surface area contributed by atoms with Gasteiger partial charge < -0.3 is 5.73 Å². The fraction of sp³-hybridized carbons (Fsp3) is 0.706. The number of nitrogens with zero attached hydrogens (tertiary/aromatic N) is 2. The number of alkyl halides is 1. The molecule has 1 fully saturated rings. The van der Waals surface area contributed by atoms with E-state index in [1.807, 2.05) is 19.1 Å². The molecular weight excluding hydrogens is 313 g/mol. The summed E-state index contributed by atoms with van der Waals surface area (Å²) >= 11 is 0. The molecule has 0 radical (unpaired) electrons. The van der Waals surface area contributed by atoms with E-state index in [9.17, 15) is 4.21 Å². The summed E-state index contributed by atoms with van der Waals surface area (Å²) in [5.74, 6) is 0.654. The molecule has 0 aromatic carbocycles. The lowest BCUT2D eigenvalue weighted by atomic mass is 9.78. The summed E-state index contributed by atoms with van der Waals surface area (Å²) in [7, 11) is -0.984. The number of nitrogens with two attached hydrogens (primary N) is 1. The van der Waals surface area contributed by atoms with E-state index in [-0.39, 0.29) is 5.75 Å². The van der Waals surface area contributed by atoms with Crippen LogP contribution in [0.15, 0.2) is 33.2 Å². The standard InChI is InChI=1S/C17H26FN3OS/c1-15(18)9-5-4-8-13(15)16(2)12-23(22,20-3)17(14(19)21-16)10-6-7-11-17/h4-5,8H,6-7,9-12H2,1-3H3,(H2,19,21)/t15?,16-,23-/m0/s1. The van der Waals surface area contributed by atoms with Crippen molar-refractivity contribution in [1.29, 1.82) is 0 Å². The van der Waals surface area contributed by atoms with Crippen molar-refractivity contribution in [3.63, 3.8) is 0 Å². The van der Waals surface area contributed by atoms with Crippen LogP contribution in [0.25, 0.3) is 0 Å². The molecule has 0 saturated heterocycles. The Labute approximate surface area is 138 Å². The average Bonchev–Trinajstić information content (AvgIpc) is 2.96. The predicted molar refractivity (Wildman–Crippen MR) is 93.9 cm³/mol. The zero-order valence-electron chi connectivity index (χ0n) is 14.1. The third-order valence-corrected chi connectivity index (χ3v) is 9.05. The second kappa shape index (κ2) is 5.16. The average molecular weight is 339 g/mol. The summed E-state index contributed by atoms with van der Waals surface area (Å²) in [6.07, 6.45) is 9.24. The Hall–Kier alpha value is -1.17. The SMILES string of the molecule is CN=[S@]1(=O)C[C@@](C)(C2=CC=CCC2(C)F)N=C(N)C12CCCC2. The number of aliphatic imine (C=N–C) groups is 1. The quantitative estimate of drug-likeness (QED) is 0.797. The van der Waals surface area contributed by atoms with Crippen LogP contribution in [0.4, 0.5) is 4.39 Å². The van der Waals surface area contributed by atoms with Crippen LogP contribution >= 0.6 is 0 Å². The van der Waals surface area contributed by atoms with Crippen LogP contribution < -0.4 is 5.73 Å². The second-order valence-corrected chi connectivity index (χ2v) is 10.1. The molecule has 3 atom stereocenters. The van der Waals surface area contributed by atoms with Crippen LogP contribution in [0.3, 0.4) is 0 Å². The molecule has 3 aliphatic rings. The fourth-order valence-corrected chi connectivity index (χ4v) is 7.50.